The highest BCUT2D eigenvalue weighted by molar-refractivity contribution is 7.17. The van der Waals surface area contributed by atoms with Gasteiger partial charge in [0.1, 0.15) is 4.88 Å². The number of aryl methyl sites for hydroxylation is 4. The molecule has 0 unspecified atom stereocenters. The summed E-state index contributed by atoms with van der Waals surface area (Å²) in [5, 5.41) is 0. The molecule has 0 saturated heterocycles. The van der Waals surface area contributed by atoms with Gasteiger partial charge in [0.25, 0.3) is 5.56 Å². The van der Waals surface area contributed by atoms with Crippen LogP contribution >= 0.6 is 11.3 Å². The van der Waals surface area contributed by atoms with E-state index in [0.29, 0.717) is 22.5 Å². The van der Waals surface area contributed by atoms with E-state index in [-0.39, 0.29) is 24.7 Å². The van der Waals surface area contributed by atoms with E-state index in [2.05, 4.69) is 17.1 Å². The molecule has 0 N–H and O–H groups in total. The van der Waals surface area contributed by atoms with Gasteiger partial charge in [-0.05, 0) is 42.0 Å². The van der Waals surface area contributed by atoms with Crippen molar-refractivity contribution in [3.8, 4) is 10.4 Å². The van der Waals surface area contributed by atoms with Crippen LogP contribution in [0.2, 0.25) is 0 Å². The lowest BCUT2D eigenvalue weighted by Gasteiger charge is -2.15. The van der Waals surface area contributed by atoms with E-state index >= 15 is 0 Å². The fraction of sp³-hybridized carbons (Fsp3) is 0.304. The van der Waals surface area contributed by atoms with Crippen molar-refractivity contribution in [2.24, 2.45) is 14.1 Å². The van der Waals surface area contributed by atoms with Gasteiger partial charge in [-0.3, -0.25) is 13.9 Å². The molecule has 1 aliphatic carbocycles. The maximum atomic E-state index is 12.7. The Balaban J connectivity index is 1.27. The number of carbonyl (C=O) groups excluding carboxylic acids is 1. The van der Waals surface area contributed by atoms with E-state index in [1.807, 2.05) is 18.2 Å². The highest BCUT2D eigenvalue weighted by atomic mass is 32.1. The van der Waals surface area contributed by atoms with Crippen molar-refractivity contribution in [3.05, 3.63) is 73.5 Å². The summed E-state index contributed by atoms with van der Waals surface area (Å²) in [6, 6.07) is 10.2. The third kappa shape index (κ3) is 3.29. The molecule has 164 valence electrons. The van der Waals surface area contributed by atoms with Gasteiger partial charge in [0.15, 0.2) is 11.2 Å². The van der Waals surface area contributed by atoms with E-state index in [4.69, 9.17) is 4.74 Å². The monoisotopic (exact) mass is 450 g/mol. The molecule has 8 nitrogen and oxygen atoms in total. The van der Waals surface area contributed by atoms with E-state index in [1.165, 1.54) is 43.5 Å². The molecule has 0 spiro atoms. The normalized spacial score (nSPS) is 12.6. The number of aromatic nitrogens is 4. The highest BCUT2D eigenvalue weighted by Crippen LogP contribution is 2.39. The molecule has 5 rings (SSSR count). The Kier molecular flexibility index (Phi) is 5.05. The van der Waals surface area contributed by atoms with Gasteiger partial charge < -0.3 is 9.30 Å². The van der Waals surface area contributed by atoms with Gasteiger partial charge in [-0.2, -0.15) is 0 Å². The Morgan fingerprint density at radius 3 is 2.78 bits per heavy atom. The number of esters is 1. The lowest BCUT2D eigenvalue weighted by Crippen LogP contribution is -2.39. The van der Waals surface area contributed by atoms with E-state index in [9.17, 15) is 14.4 Å². The Bertz CT molecular complexity index is 1470. The van der Waals surface area contributed by atoms with E-state index < -0.39 is 5.69 Å². The summed E-state index contributed by atoms with van der Waals surface area (Å²) in [5.41, 5.74) is 3.58. The van der Waals surface area contributed by atoms with Crippen LogP contribution in [-0.4, -0.2) is 31.3 Å². The number of fused-ring (bicyclic) bond motifs is 4. The van der Waals surface area contributed by atoms with Gasteiger partial charge in [0.2, 0.25) is 0 Å². The predicted molar refractivity (Wildman–Crippen MR) is 122 cm³/mol. The van der Waals surface area contributed by atoms with Crippen molar-refractivity contribution in [1.29, 1.82) is 0 Å². The summed E-state index contributed by atoms with van der Waals surface area (Å²) < 4.78 is 9.58. The first-order valence-electron chi connectivity index (χ1n) is 10.4. The van der Waals surface area contributed by atoms with Crippen LogP contribution in [0.1, 0.15) is 27.2 Å². The molecule has 32 heavy (non-hydrogen) atoms. The molecule has 1 aliphatic rings. The van der Waals surface area contributed by atoms with Gasteiger partial charge in [0.05, 0.1) is 12.9 Å². The van der Waals surface area contributed by atoms with Gasteiger partial charge in [-0.1, -0.05) is 24.3 Å². The van der Waals surface area contributed by atoms with Gasteiger partial charge >= 0.3 is 11.7 Å². The second kappa shape index (κ2) is 7.90. The molecule has 1 aromatic carbocycles. The minimum atomic E-state index is -0.433. The molecule has 0 saturated carbocycles. The Morgan fingerprint density at radius 1 is 1.16 bits per heavy atom. The Morgan fingerprint density at radius 2 is 1.94 bits per heavy atom. The number of hydrogen-bond donors (Lipinski definition) is 0. The number of rotatable bonds is 5. The van der Waals surface area contributed by atoms with Crippen LogP contribution in [0.5, 0.6) is 0 Å². The summed E-state index contributed by atoms with van der Waals surface area (Å²) in [4.78, 5) is 43.7. The van der Waals surface area contributed by atoms with E-state index in [1.54, 1.807) is 18.7 Å². The zero-order valence-electron chi connectivity index (χ0n) is 17.8. The quantitative estimate of drug-likeness (QED) is 0.344. The molecule has 4 aromatic rings. The number of nitrogens with zero attached hydrogens (tertiary/aromatic N) is 4. The number of hydrogen-bond acceptors (Lipinski definition) is 6. The zero-order valence-corrected chi connectivity index (χ0v) is 18.6. The maximum absolute atomic E-state index is 12.7. The van der Waals surface area contributed by atoms with Crippen molar-refractivity contribution in [1.82, 2.24) is 18.7 Å². The molecule has 0 fully saturated rings. The molecule has 9 heteroatoms. The number of imidazole rings is 1. The minimum absolute atomic E-state index is 0.122. The van der Waals surface area contributed by atoms with Crippen molar-refractivity contribution in [2.75, 3.05) is 6.61 Å². The first-order chi connectivity index (χ1) is 15.5. The fourth-order valence-electron chi connectivity index (χ4n) is 4.22. The van der Waals surface area contributed by atoms with E-state index in [0.717, 1.165) is 17.7 Å². The summed E-state index contributed by atoms with van der Waals surface area (Å²) in [5.74, 6) is -0.371. The molecule has 0 radical (unpaired) electrons. The average molecular weight is 451 g/mol. The van der Waals surface area contributed by atoms with Crippen molar-refractivity contribution >= 4 is 28.5 Å². The largest absolute Gasteiger partial charge is 0.461 e. The lowest BCUT2D eigenvalue weighted by molar-refractivity contribution is 0.0501. The second-order valence-electron chi connectivity index (χ2n) is 7.94. The van der Waals surface area contributed by atoms with Crippen LogP contribution in [0.4, 0.5) is 0 Å². The molecule has 0 atom stereocenters. The topological polar surface area (TPSA) is 88.1 Å². The van der Waals surface area contributed by atoms with Gasteiger partial charge in [0, 0.05) is 25.5 Å². The standard InChI is InChI=1S/C23H22N4O4S/c1-25-13-24-20-18(25)21(28)27(23(30)26(20)2)10-5-11-31-22(29)17-12-15-9-8-14-6-3-4-7-16(14)19(15)32-17/h3-4,6-7,12-13H,5,8-11H2,1-2H3. The summed E-state index contributed by atoms with van der Waals surface area (Å²) in [7, 11) is 3.30. The average Bonchev–Trinajstić information content (AvgIpc) is 3.41. The third-order valence-corrected chi connectivity index (χ3v) is 7.09. The fourth-order valence-corrected chi connectivity index (χ4v) is 5.39. The molecule has 3 heterocycles. The SMILES string of the molecule is Cn1cnc2c1c(=O)n(CCCOC(=O)c1cc3c(s1)-c1ccccc1CC3)c(=O)n2C. The Labute approximate surface area is 187 Å². The molecule has 0 bridgehead atoms. The lowest BCUT2D eigenvalue weighted by atomic mass is 9.91. The molecule has 0 aliphatic heterocycles. The molecule has 3 aromatic heterocycles. The van der Waals surface area contributed by atoms with Gasteiger partial charge in [-0.25, -0.2) is 14.6 Å². The third-order valence-electron chi connectivity index (χ3n) is 5.90. The molecule has 0 amide bonds. The predicted octanol–water partition coefficient (Wildman–Crippen LogP) is 2.51. The number of benzene rings is 1. The number of ether oxygens (including phenoxy) is 1. The number of thiophene rings is 1. The zero-order chi connectivity index (χ0) is 22.4. The van der Waals surface area contributed by atoms with Crippen LogP contribution in [0.3, 0.4) is 0 Å². The Hall–Kier alpha value is -3.46. The van der Waals surface area contributed by atoms with Crippen LogP contribution in [-0.2, 0) is 38.2 Å². The number of carbonyl (C=O) groups is 1. The minimum Gasteiger partial charge on any atom is -0.461 e. The highest BCUT2D eigenvalue weighted by Gasteiger charge is 2.22. The van der Waals surface area contributed by atoms with Crippen LogP contribution in [0, 0.1) is 0 Å². The maximum Gasteiger partial charge on any atom is 0.348 e. The smallest absolute Gasteiger partial charge is 0.348 e. The van der Waals surface area contributed by atoms with Crippen LogP contribution in [0.25, 0.3) is 21.6 Å². The molecular weight excluding hydrogens is 428 g/mol. The summed E-state index contributed by atoms with van der Waals surface area (Å²) in [6.45, 7) is 0.283. The second-order valence-corrected chi connectivity index (χ2v) is 8.99. The summed E-state index contributed by atoms with van der Waals surface area (Å²) in [6.07, 6.45) is 3.76. The van der Waals surface area contributed by atoms with Crippen molar-refractivity contribution < 1.29 is 9.53 Å². The summed E-state index contributed by atoms with van der Waals surface area (Å²) >= 11 is 1.46. The first-order valence-corrected chi connectivity index (χ1v) is 11.3. The molecular formula is C23H22N4O4S. The van der Waals surface area contributed by atoms with Crippen molar-refractivity contribution in [3.63, 3.8) is 0 Å². The van der Waals surface area contributed by atoms with Crippen LogP contribution in [0.15, 0.2) is 46.2 Å². The van der Waals surface area contributed by atoms with Crippen LogP contribution < -0.4 is 11.2 Å². The van der Waals surface area contributed by atoms with Gasteiger partial charge in [-0.15, -0.1) is 11.3 Å². The van der Waals surface area contributed by atoms with Crippen molar-refractivity contribution in [2.45, 2.75) is 25.8 Å². The first kappa shape index (κ1) is 20.4.